The van der Waals surface area contributed by atoms with Gasteiger partial charge >= 0.3 is 0 Å². The standard InChI is InChI=1S/C26H31N7O2/c1-3-24(25-29-30-31-33(25)17-22-7-5-11-35-22)32(15-19-6-4-10-27-14-19)16-21-13-20-12-18(2)8-9-23(20)28-26(21)34/h4,6,8-10,12-14,22,24H,3,5,7,11,15-17H2,1-2H3,(H,28,34). The van der Waals surface area contributed by atoms with Crippen LogP contribution in [-0.4, -0.2) is 47.8 Å². The van der Waals surface area contributed by atoms with Crippen molar-refractivity contribution in [1.82, 2.24) is 35.1 Å². The fourth-order valence-corrected chi connectivity index (χ4v) is 4.88. The smallest absolute Gasteiger partial charge is 0.252 e. The van der Waals surface area contributed by atoms with Crippen LogP contribution in [0, 0.1) is 6.92 Å². The van der Waals surface area contributed by atoms with E-state index in [1.54, 1.807) is 6.20 Å². The van der Waals surface area contributed by atoms with Crippen LogP contribution in [0.2, 0.25) is 0 Å². The third kappa shape index (κ3) is 5.31. The lowest BCUT2D eigenvalue weighted by Crippen LogP contribution is -2.33. The lowest BCUT2D eigenvalue weighted by molar-refractivity contribution is 0.0888. The molecule has 9 heteroatoms. The number of aromatic nitrogens is 6. The molecule has 0 aliphatic carbocycles. The molecule has 1 aliphatic rings. The molecule has 9 nitrogen and oxygen atoms in total. The Kier molecular flexibility index (Phi) is 6.96. The highest BCUT2D eigenvalue weighted by Gasteiger charge is 2.28. The summed E-state index contributed by atoms with van der Waals surface area (Å²) in [5, 5.41) is 13.7. The molecule has 1 fully saturated rings. The maximum Gasteiger partial charge on any atom is 0.252 e. The second-order valence-electron chi connectivity index (χ2n) is 9.26. The van der Waals surface area contributed by atoms with Gasteiger partial charge in [-0.25, -0.2) is 4.68 Å². The summed E-state index contributed by atoms with van der Waals surface area (Å²) in [5.41, 5.74) is 3.70. The largest absolute Gasteiger partial charge is 0.376 e. The summed E-state index contributed by atoms with van der Waals surface area (Å²) < 4.78 is 7.70. The molecule has 1 aliphatic heterocycles. The highest BCUT2D eigenvalue weighted by atomic mass is 16.5. The van der Waals surface area contributed by atoms with E-state index < -0.39 is 0 Å². The first-order chi connectivity index (χ1) is 17.1. The Hall–Kier alpha value is -3.43. The predicted octanol–water partition coefficient (Wildman–Crippen LogP) is 3.55. The van der Waals surface area contributed by atoms with Crippen LogP contribution in [0.15, 0.2) is 53.6 Å². The van der Waals surface area contributed by atoms with Crippen LogP contribution in [-0.2, 0) is 24.4 Å². The van der Waals surface area contributed by atoms with Gasteiger partial charge < -0.3 is 9.72 Å². The molecule has 1 aromatic carbocycles. The minimum Gasteiger partial charge on any atom is -0.376 e. The number of rotatable bonds is 9. The van der Waals surface area contributed by atoms with Crippen LogP contribution in [0.1, 0.15) is 54.7 Å². The number of tetrazole rings is 1. The van der Waals surface area contributed by atoms with E-state index in [0.29, 0.717) is 25.2 Å². The van der Waals surface area contributed by atoms with Crippen LogP contribution in [0.5, 0.6) is 0 Å². The molecule has 2 unspecified atom stereocenters. The predicted molar refractivity (Wildman–Crippen MR) is 133 cm³/mol. The first kappa shape index (κ1) is 23.3. The normalized spacial score (nSPS) is 16.8. The van der Waals surface area contributed by atoms with E-state index in [-0.39, 0.29) is 17.7 Å². The monoisotopic (exact) mass is 473 g/mol. The summed E-state index contributed by atoms with van der Waals surface area (Å²) in [4.78, 5) is 22.6. The number of benzene rings is 1. The van der Waals surface area contributed by atoms with Gasteiger partial charge in [-0.3, -0.25) is 14.7 Å². The number of aryl methyl sites for hydroxylation is 1. The van der Waals surface area contributed by atoms with Gasteiger partial charge in [0.2, 0.25) is 0 Å². The van der Waals surface area contributed by atoms with Gasteiger partial charge in [-0.15, -0.1) is 5.10 Å². The summed E-state index contributed by atoms with van der Waals surface area (Å²) in [6.07, 6.45) is 6.63. The minimum absolute atomic E-state index is 0.0775. The Bertz CT molecular complexity index is 1330. The SMILES string of the molecule is CCC(c1nnnn1CC1CCCO1)N(Cc1cccnc1)Cc1cc2cc(C)ccc2[nH]c1=O. The number of pyridine rings is 2. The molecular weight excluding hydrogens is 442 g/mol. The van der Waals surface area contributed by atoms with Gasteiger partial charge in [-0.2, -0.15) is 0 Å². The van der Waals surface area contributed by atoms with E-state index in [9.17, 15) is 4.79 Å². The van der Waals surface area contributed by atoms with Crippen LogP contribution in [0.4, 0.5) is 0 Å². The topological polar surface area (TPSA) is 102 Å². The van der Waals surface area contributed by atoms with Gasteiger partial charge in [0.15, 0.2) is 5.82 Å². The Balaban J connectivity index is 1.50. The first-order valence-electron chi connectivity index (χ1n) is 12.2. The maximum absolute atomic E-state index is 13.0. The number of nitrogens with zero attached hydrogens (tertiary/aromatic N) is 6. The van der Waals surface area contributed by atoms with Crippen molar-refractivity contribution in [2.45, 2.75) is 64.9 Å². The third-order valence-corrected chi connectivity index (χ3v) is 6.64. The van der Waals surface area contributed by atoms with Crippen molar-refractivity contribution in [3.8, 4) is 0 Å². The molecule has 1 saturated heterocycles. The molecule has 0 spiro atoms. The lowest BCUT2D eigenvalue weighted by atomic mass is 10.1. The number of H-pyrrole nitrogens is 1. The van der Waals surface area contributed by atoms with E-state index in [2.05, 4.69) is 56.4 Å². The van der Waals surface area contributed by atoms with Crippen LogP contribution in [0.25, 0.3) is 10.9 Å². The molecule has 0 radical (unpaired) electrons. The van der Waals surface area contributed by atoms with Gasteiger partial charge in [0, 0.05) is 43.2 Å². The van der Waals surface area contributed by atoms with E-state index in [0.717, 1.165) is 53.7 Å². The highest BCUT2D eigenvalue weighted by Crippen LogP contribution is 2.27. The Labute approximate surface area is 204 Å². The van der Waals surface area contributed by atoms with Crippen molar-refractivity contribution in [3.05, 3.63) is 81.7 Å². The zero-order valence-electron chi connectivity index (χ0n) is 20.2. The Morgan fingerprint density at radius 1 is 1.26 bits per heavy atom. The van der Waals surface area contributed by atoms with Crippen molar-refractivity contribution in [1.29, 1.82) is 0 Å². The van der Waals surface area contributed by atoms with Gasteiger partial charge in [0.1, 0.15) is 0 Å². The van der Waals surface area contributed by atoms with Gasteiger partial charge in [0.25, 0.3) is 5.56 Å². The number of nitrogens with one attached hydrogen (secondary N) is 1. The molecule has 2 atom stereocenters. The Morgan fingerprint density at radius 3 is 2.94 bits per heavy atom. The highest BCUT2D eigenvalue weighted by molar-refractivity contribution is 5.79. The minimum atomic E-state index is -0.0841. The van der Waals surface area contributed by atoms with E-state index in [1.165, 1.54) is 0 Å². The van der Waals surface area contributed by atoms with Crippen molar-refractivity contribution in [2.75, 3.05) is 6.61 Å². The zero-order valence-corrected chi connectivity index (χ0v) is 20.2. The summed E-state index contributed by atoms with van der Waals surface area (Å²) in [6.45, 7) is 6.68. The second-order valence-corrected chi connectivity index (χ2v) is 9.26. The molecule has 1 N–H and O–H groups in total. The number of aromatic amines is 1. The number of hydrogen-bond donors (Lipinski definition) is 1. The van der Waals surface area contributed by atoms with Gasteiger partial charge in [-0.05, 0) is 71.8 Å². The van der Waals surface area contributed by atoms with Crippen LogP contribution in [0.3, 0.4) is 0 Å². The maximum atomic E-state index is 13.0. The molecule has 0 bridgehead atoms. The summed E-state index contributed by atoms with van der Waals surface area (Å²) in [7, 11) is 0. The average molecular weight is 474 g/mol. The van der Waals surface area contributed by atoms with Gasteiger partial charge in [0.05, 0.1) is 18.7 Å². The molecular formula is C26H31N7O2. The molecule has 35 heavy (non-hydrogen) atoms. The van der Waals surface area contributed by atoms with Crippen molar-refractivity contribution in [2.24, 2.45) is 0 Å². The molecule has 0 amide bonds. The molecule has 182 valence electrons. The quantitative estimate of drug-likeness (QED) is 0.397. The van der Waals surface area contributed by atoms with Crippen molar-refractivity contribution >= 4 is 10.9 Å². The second kappa shape index (κ2) is 10.5. The Morgan fingerprint density at radius 2 is 2.17 bits per heavy atom. The van der Waals surface area contributed by atoms with E-state index in [1.807, 2.05) is 35.1 Å². The van der Waals surface area contributed by atoms with Crippen LogP contribution >= 0.6 is 0 Å². The third-order valence-electron chi connectivity index (χ3n) is 6.64. The van der Waals surface area contributed by atoms with Gasteiger partial charge in [-0.1, -0.05) is 24.6 Å². The number of ether oxygens (including phenoxy) is 1. The number of fused-ring (bicyclic) bond motifs is 1. The lowest BCUT2D eigenvalue weighted by Gasteiger charge is -2.30. The summed E-state index contributed by atoms with van der Waals surface area (Å²) in [6, 6.07) is 12.0. The number of hydrogen-bond acceptors (Lipinski definition) is 7. The fourth-order valence-electron chi connectivity index (χ4n) is 4.88. The zero-order chi connectivity index (χ0) is 24.2. The van der Waals surface area contributed by atoms with Crippen molar-refractivity contribution < 1.29 is 4.74 Å². The molecule has 4 aromatic rings. The molecule has 5 rings (SSSR count). The molecule has 0 saturated carbocycles. The van der Waals surface area contributed by atoms with Crippen LogP contribution < -0.4 is 5.56 Å². The van der Waals surface area contributed by atoms with E-state index >= 15 is 0 Å². The van der Waals surface area contributed by atoms with E-state index in [4.69, 9.17) is 4.74 Å². The molecule has 3 aromatic heterocycles. The average Bonchev–Trinajstić information content (AvgIpc) is 3.54. The summed E-state index contributed by atoms with van der Waals surface area (Å²) in [5.74, 6) is 0.792. The van der Waals surface area contributed by atoms with Crippen molar-refractivity contribution in [3.63, 3.8) is 0 Å². The first-order valence-corrected chi connectivity index (χ1v) is 12.2. The summed E-state index contributed by atoms with van der Waals surface area (Å²) >= 11 is 0. The fraction of sp³-hybridized carbons (Fsp3) is 0.423. The molecule has 4 heterocycles.